The number of piperazine rings is 1. The lowest BCUT2D eigenvalue weighted by atomic mass is 10.1. The Morgan fingerprint density at radius 3 is 2.41 bits per heavy atom. The average Bonchev–Trinajstić information content (AvgIpc) is 3.23. The van der Waals surface area contributed by atoms with Crippen LogP contribution in [-0.2, 0) is 17.5 Å². The standard InChI is InChI=1S/C27H27F3N6O3/c1-33-23(17-37)36(21-15-31-24(32-25(21)33)20-5-3-4-6-22(20)39-2)26(38)35-13-11-34(12-14-35)16-18-7-9-19(10-8-18)27(28,29)30/h3-10,15,17,23H,11-14,16H2,1-2H3. The smallest absolute Gasteiger partial charge is 0.416 e. The predicted octanol–water partition coefficient (Wildman–Crippen LogP) is 3.89. The van der Waals surface area contributed by atoms with Gasteiger partial charge in [0.25, 0.3) is 0 Å². The summed E-state index contributed by atoms with van der Waals surface area (Å²) in [5, 5.41) is 0. The number of aromatic nitrogens is 2. The number of ether oxygens (including phenoxy) is 1. The number of methoxy groups -OCH3 is 1. The van der Waals surface area contributed by atoms with E-state index in [0.717, 1.165) is 17.7 Å². The van der Waals surface area contributed by atoms with Gasteiger partial charge in [0.05, 0.1) is 24.4 Å². The second kappa shape index (κ2) is 10.5. The number of rotatable bonds is 5. The average molecular weight is 541 g/mol. The van der Waals surface area contributed by atoms with Crippen molar-refractivity contribution in [1.82, 2.24) is 19.8 Å². The van der Waals surface area contributed by atoms with Crippen LogP contribution in [0.1, 0.15) is 11.1 Å². The Hall–Kier alpha value is -4.19. The summed E-state index contributed by atoms with van der Waals surface area (Å²) in [5.74, 6) is 1.47. The zero-order valence-electron chi connectivity index (χ0n) is 21.4. The highest BCUT2D eigenvalue weighted by molar-refractivity contribution is 6.03. The number of para-hydroxylation sites is 1. The molecule has 3 aromatic rings. The molecule has 1 atom stereocenters. The molecule has 1 fully saturated rings. The molecule has 2 aliphatic rings. The van der Waals surface area contributed by atoms with Gasteiger partial charge in [0, 0.05) is 39.8 Å². The maximum atomic E-state index is 13.6. The molecule has 12 heteroatoms. The minimum absolute atomic E-state index is 0.333. The molecule has 9 nitrogen and oxygen atoms in total. The van der Waals surface area contributed by atoms with Crippen LogP contribution >= 0.6 is 0 Å². The highest BCUT2D eigenvalue weighted by Crippen LogP contribution is 2.39. The highest BCUT2D eigenvalue weighted by atomic mass is 19.4. The normalized spacial score (nSPS) is 17.8. The molecule has 2 aliphatic heterocycles. The monoisotopic (exact) mass is 540 g/mol. The lowest BCUT2D eigenvalue weighted by Crippen LogP contribution is -2.56. The molecule has 1 aromatic heterocycles. The fourth-order valence-electron chi connectivity index (χ4n) is 4.87. The molecule has 39 heavy (non-hydrogen) atoms. The third-order valence-corrected chi connectivity index (χ3v) is 7.01. The molecule has 1 saturated heterocycles. The number of anilines is 2. The Balaban J connectivity index is 1.29. The van der Waals surface area contributed by atoms with E-state index in [2.05, 4.69) is 14.9 Å². The number of halogens is 3. The van der Waals surface area contributed by atoms with Crippen molar-refractivity contribution in [3.63, 3.8) is 0 Å². The first-order valence-electron chi connectivity index (χ1n) is 12.4. The molecular weight excluding hydrogens is 513 g/mol. The minimum atomic E-state index is -4.37. The SMILES string of the molecule is COc1ccccc1-c1ncc2c(n1)N(C)C(C=O)N2C(=O)N1CCN(Cc2ccc(C(F)(F)F)cc2)CC1. The van der Waals surface area contributed by atoms with Gasteiger partial charge >= 0.3 is 12.2 Å². The van der Waals surface area contributed by atoms with Gasteiger partial charge in [-0.05, 0) is 29.8 Å². The van der Waals surface area contributed by atoms with Crippen LogP contribution in [-0.4, -0.2) is 78.6 Å². The van der Waals surface area contributed by atoms with Crippen LogP contribution in [0, 0.1) is 0 Å². The number of alkyl halides is 3. The number of benzene rings is 2. The number of urea groups is 1. The summed E-state index contributed by atoms with van der Waals surface area (Å²) in [4.78, 5) is 41.6. The van der Waals surface area contributed by atoms with E-state index < -0.39 is 17.9 Å². The molecule has 204 valence electrons. The molecule has 0 aliphatic carbocycles. The van der Waals surface area contributed by atoms with Crippen molar-refractivity contribution in [2.45, 2.75) is 18.9 Å². The van der Waals surface area contributed by atoms with Gasteiger partial charge in [-0.25, -0.2) is 14.8 Å². The number of aldehydes is 1. The molecule has 5 rings (SSSR count). The summed E-state index contributed by atoms with van der Waals surface area (Å²) in [6.45, 7) is 2.37. The second-order valence-corrected chi connectivity index (χ2v) is 9.37. The van der Waals surface area contributed by atoms with E-state index in [1.165, 1.54) is 17.0 Å². The van der Waals surface area contributed by atoms with Crippen molar-refractivity contribution in [2.75, 3.05) is 50.1 Å². The Morgan fingerprint density at radius 1 is 1.08 bits per heavy atom. The van der Waals surface area contributed by atoms with Crippen molar-refractivity contribution in [3.8, 4) is 17.1 Å². The highest BCUT2D eigenvalue weighted by Gasteiger charge is 2.42. The van der Waals surface area contributed by atoms with E-state index in [1.807, 2.05) is 18.2 Å². The number of likely N-dealkylation sites (N-methyl/N-ethyl adjacent to an activating group) is 1. The van der Waals surface area contributed by atoms with E-state index in [9.17, 15) is 22.8 Å². The van der Waals surface area contributed by atoms with Gasteiger partial charge in [-0.3, -0.25) is 14.6 Å². The fourth-order valence-corrected chi connectivity index (χ4v) is 4.87. The van der Waals surface area contributed by atoms with Gasteiger partial charge in [-0.1, -0.05) is 24.3 Å². The first-order valence-corrected chi connectivity index (χ1v) is 12.4. The van der Waals surface area contributed by atoms with Crippen molar-refractivity contribution in [3.05, 3.63) is 65.9 Å². The Kier molecular flexibility index (Phi) is 7.13. The molecule has 2 aromatic carbocycles. The van der Waals surface area contributed by atoms with E-state index in [1.54, 1.807) is 36.2 Å². The van der Waals surface area contributed by atoms with E-state index in [4.69, 9.17) is 4.74 Å². The lowest BCUT2D eigenvalue weighted by molar-refractivity contribution is -0.137. The van der Waals surface area contributed by atoms with Gasteiger partial charge in [0.1, 0.15) is 11.4 Å². The van der Waals surface area contributed by atoms with Gasteiger partial charge in [0.15, 0.2) is 24.1 Å². The molecule has 0 spiro atoms. The molecule has 0 bridgehead atoms. The maximum absolute atomic E-state index is 13.6. The first kappa shape index (κ1) is 26.4. The first-order chi connectivity index (χ1) is 18.7. The third kappa shape index (κ3) is 5.11. The number of carbonyl (C=O) groups is 2. The number of hydrogen-bond acceptors (Lipinski definition) is 7. The van der Waals surface area contributed by atoms with Gasteiger partial charge < -0.3 is 14.5 Å². The van der Waals surface area contributed by atoms with Crippen LogP contribution in [0.2, 0.25) is 0 Å². The molecule has 0 saturated carbocycles. The lowest BCUT2D eigenvalue weighted by Gasteiger charge is -2.37. The maximum Gasteiger partial charge on any atom is 0.416 e. The fraction of sp³-hybridized carbons (Fsp3) is 0.333. The van der Waals surface area contributed by atoms with Crippen LogP contribution in [0.15, 0.2) is 54.7 Å². The molecule has 0 radical (unpaired) electrons. The number of fused-ring (bicyclic) bond motifs is 1. The largest absolute Gasteiger partial charge is 0.496 e. The number of nitrogens with zero attached hydrogens (tertiary/aromatic N) is 6. The molecule has 2 amide bonds. The summed E-state index contributed by atoms with van der Waals surface area (Å²) in [6, 6.07) is 12.1. The summed E-state index contributed by atoms with van der Waals surface area (Å²) in [5.41, 5.74) is 1.21. The third-order valence-electron chi connectivity index (χ3n) is 7.01. The van der Waals surface area contributed by atoms with Crippen LogP contribution in [0.3, 0.4) is 0 Å². The van der Waals surface area contributed by atoms with Crippen LogP contribution < -0.4 is 14.5 Å². The predicted molar refractivity (Wildman–Crippen MR) is 138 cm³/mol. The number of hydrogen-bond donors (Lipinski definition) is 0. The van der Waals surface area contributed by atoms with E-state index >= 15 is 0 Å². The van der Waals surface area contributed by atoms with Crippen molar-refractivity contribution < 1.29 is 27.5 Å². The molecule has 3 heterocycles. The summed E-state index contributed by atoms with van der Waals surface area (Å²) in [7, 11) is 3.26. The zero-order chi connectivity index (χ0) is 27.7. The van der Waals surface area contributed by atoms with Crippen molar-refractivity contribution in [1.29, 1.82) is 0 Å². The Morgan fingerprint density at radius 2 is 1.77 bits per heavy atom. The van der Waals surface area contributed by atoms with Gasteiger partial charge in [-0.15, -0.1) is 0 Å². The summed E-state index contributed by atoms with van der Waals surface area (Å²) in [6.07, 6.45) is -3.00. The second-order valence-electron chi connectivity index (χ2n) is 9.37. The topological polar surface area (TPSA) is 82.1 Å². The summed E-state index contributed by atoms with van der Waals surface area (Å²) < 4.78 is 43.9. The Labute approximate surface area is 223 Å². The van der Waals surface area contributed by atoms with E-state index in [-0.39, 0.29) is 6.03 Å². The van der Waals surface area contributed by atoms with Crippen LogP contribution in [0.4, 0.5) is 29.5 Å². The molecule has 1 unspecified atom stereocenters. The van der Waals surface area contributed by atoms with Crippen molar-refractivity contribution in [2.24, 2.45) is 0 Å². The molecular formula is C27H27F3N6O3. The number of amides is 2. The zero-order valence-corrected chi connectivity index (χ0v) is 21.4. The Bertz CT molecular complexity index is 1360. The van der Waals surface area contributed by atoms with Crippen LogP contribution in [0.25, 0.3) is 11.4 Å². The minimum Gasteiger partial charge on any atom is -0.496 e. The van der Waals surface area contributed by atoms with Crippen molar-refractivity contribution >= 4 is 23.8 Å². The van der Waals surface area contributed by atoms with Gasteiger partial charge in [-0.2, -0.15) is 13.2 Å². The molecule has 0 N–H and O–H groups in total. The quantitative estimate of drug-likeness (QED) is 0.454. The van der Waals surface area contributed by atoms with Gasteiger partial charge in [0.2, 0.25) is 0 Å². The van der Waals surface area contributed by atoms with Crippen LogP contribution in [0.5, 0.6) is 5.75 Å². The number of carbonyl (C=O) groups excluding carboxylic acids is 2. The summed E-state index contributed by atoms with van der Waals surface area (Å²) >= 11 is 0. The van der Waals surface area contributed by atoms with E-state index in [0.29, 0.717) is 67.7 Å².